The highest BCUT2D eigenvalue weighted by molar-refractivity contribution is 7.94. The highest BCUT2D eigenvalue weighted by Gasteiger charge is 2.61. The molecule has 0 spiro atoms. The van der Waals surface area contributed by atoms with Gasteiger partial charge in [-0.05, 0) is 69.6 Å². The molecular weight excluding hydrogens is 500 g/mol. The summed E-state index contributed by atoms with van der Waals surface area (Å²) in [4.78, 5) is 13.1. The Labute approximate surface area is 195 Å². The number of halogens is 4. The Morgan fingerprint density at radius 1 is 1.00 bits per heavy atom. The van der Waals surface area contributed by atoms with Gasteiger partial charge in [0.1, 0.15) is 15.7 Å². The van der Waals surface area contributed by atoms with E-state index in [1.54, 1.807) is 0 Å². The zero-order valence-electron chi connectivity index (χ0n) is 18.3. The molecule has 13 heteroatoms. The second kappa shape index (κ2) is 8.35. The van der Waals surface area contributed by atoms with E-state index < -0.39 is 54.0 Å². The number of benzene rings is 1. The number of anilines is 1. The summed E-state index contributed by atoms with van der Waals surface area (Å²) < 4.78 is 106. The molecule has 1 saturated heterocycles. The number of hydrogen-bond acceptors (Lipinski definition) is 5. The number of sulfone groups is 1. The molecule has 0 unspecified atom stereocenters. The van der Waals surface area contributed by atoms with E-state index in [2.05, 4.69) is 10.0 Å². The van der Waals surface area contributed by atoms with Crippen LogP contribution in [0.1, 0.15) is 61.7 Å². The van der Waals surface area contributed by atoms with Gasteiger partial charge in [-0.1, -0.05) is 0 Å². The van der Waals surface area contributed by atoms with E-state index in [1.165, 1.54) is 0 Å². The molecule has 0 radical (unpaired) electrons. The molecule has 3 aliphatic carbocycles. The van der Waals surface area contributed by atoms with Gasteiger partial charge in [-0.3, -0.25) is 9.52 Å². The van der Waals surface area contributed by atoms with Crippen LogP contribution in [0.4, 0.5) is 23.2 Å². The molecule has 34 heavy (non-hydrogen) atoms. The molecule has 1 aromatic rings. The molecule has 0 atom stereocenters. The van der Waals surface area contributed by atoms with Crippen LogP contribution in [0, 0.1) is 11.2 Å². The predicted octanol–water partition coefficient (Wildman–Crippen LogP) is 3.53. The monoisotopic (exact) mass is 526 g/mol. The largest absolute Gasteiger partial charge is 0.394 e. The van der Waals surface area contributed by atoms with Crippen molar-refractivity contribution in [2.45, 2.75) is 68.3 Å². The van der Waals surface area contributed by atoms with E-state index in [0.29, 0.717) is 0 Å². The molecule has 1 aliphatic heterocycles. The van der Waals surface area contributed by atoms with Crippen molar-refractivity contribution in [1.82, 2.24) is 5.32 Å². The average Bonchev–Trinajstić information content (AvgIpc) is 2.73. The fourth-order valence-corrected chi connectivity index (χ4v) is 8.61. The van der Waals surface area contributed by atoms with Gasteiger partial charge in [-0.25, -0.2) is 21.2 Å². The lowest BCUT2D eigenvalue weighted by Crippen LogP contribution is -2.59. The van der Waals surface area contributed by atoms with E-state index in [1.807, 2.05) is 0 Å². The molecule has 2 bridgehead atoms. The lowest BCUT2D eigenvalue weighted by Gasteiger charge is -2.53. The van der Waals surface area contributed by atoms with Gasteiger partial charge in [0.15, 0.2) is 0 Å². The SMILES string of the molecule is O=C(NC12CCC(C(F)(F)F)(CC1)CC2)c1ccc(F)cc1NS(=O)(=O)C1CCS(=O)(=O)CC1. The molecule has 1 aromatic carbocycles. The van der Waals surface area contributed by atoms with E-state index >= 15 is 0 Å². The summed E-state index contributed by atoms with van der Waals surface area (Å²) in [6.45, 7) is 0. The average molecular weight is 527 g/mol. The summed E-state index contributed by atoms with van der Waals surface area (Å²) >= 11 is 0. The summed E-state index contributed by atoms with van der Waals surface area (Å²) in [6.07, 6.45) is -4.36. The number of fused-ring (bicyclic) bond motifs is 3. The summed E-state index contributed by atoms with van der Waals surface area (Å²) in [6, 6.07) is 2.98. The fraction of sp³-hybridized carbons (Fsp3) is 0.667. The number of carbonyl (C=O) groups is 1. The van der Waals surface area contributed by atoms with Crippen molar-refractivity contribution in [2.75, 3.05) is 16.2 Å². The number of sulfonamides is 1. The van der Waals surface area contributed by atoms with E-state index in [-0.39, 0.29) is 74.1 Å². The van der Waals surface area contributed by atoms with Crippen LogP contribution in [0.25, 0.3) is 0 Å². The van der Waals surface area contributed by atoms with Crippen molar-refractivity contribution in [2.24, 2.45) is 5.41 Å². The van der Waals surface area contributed by atoms with Crippen LogP contribution in [0.2, 0.25) is 0 Å². The quantitative estimate of drug-likeness (QED) is 0.571. The normalized spacial score (nSPS) is 29.5. The van der Waals surface area contributed by atoms with Crippen molar-refractivity contribution in [3.8, 4) is 0 Å². The lowest BCUT2D eigenvalue weighted by molar-refractivity contribution is -0.253. The molecule has 5 rings (SSSR count). The Hall–Kier alpha value is -1.89. The van der Waals surface area contributed by atoms with Crippen LogP contribution in [-0.2, 0) is 19.9 Å². The molecule has 7 nitrogen and oxygen atoms in total. The third kappa shape index (κ3) is 4.77. The van der Waals surface area contributed by atoms with Gasteiger partial charge in [0, 0.05) is 5.54 Å². The Morgan fingerprint density at radius 3 is 2.09 bits per heavy atom. The standard InChI is InChI=1S/C21H26F4N2O5S2/c22-14-1-2-16(17(13-14)27-34(31,32)15-3-11-33(29,30)12-4-15)18(28)26-20-8-5-19(6-9-20,7-10-20)21(23,24)25/h1-2,13,15,27H,3-12H2,(H,26,28). The van der Waals surface area contributed by atoms with Crippen LogP contribution in [0.5, 0.6) is 0 Å². The second-order valence-electron chi connectivity index (χ2n) is 9.70. The first-order valence-electron chi connectivity index (χ1n) is 11.1. The minimum Gasteiger partial charge on any atom is -0.347 e. The highest BCUT2D eigenvalue weighted by Crippen LogP contribution is 2.59. The maximum atomic E-state index is 13.9. The second-order valence-corrected chi connectivity index (χ2v) is 14.0. The van der Waals surface area contributed by atoms with E-state index in [9.17, 15) is 39.2 Å². The Kier molecular flexibility index (Phi) is 6.19. The topological polar surface area (TPSA) is 109 Å². The minimum atomic E-state index is -4.30. The van der Waals surface area contributed by atoms with Crippen molar-refractivity contribution in [3.05, 3.63) is 29.6 Å². The first-order chi connectivity index (χ1) is 15.7. The zero-order valence-corrected chi connectivity index (χ0v) is 19.9. The molecule has 190 valence electrons. The third-order valence-electron chi connectivity index (χ3n) is 7.65. The molecule has 3 saturated carbocycles. The first-order valence-corrected chi connectivity index (χ1v) is 14.4. The summed E-state index contributed by atoms with van der Waals surface area (Å²) in [5, 5.41) is 1.79. The van der Waals surface area contributed by atoms with Crippen molar-refractivity contribution >= 4 is 31.5 Å². The predicted molar refractivity (Wildman–Crippen MR) is 117 cm³/mol. The number of alkyl halides is 3. The molecule has 1 heterocycles. The maximum absolute atomic E-state index is 13.9. The zero-order chi connectivity index (χ0) is 25.0. The lowest BCUT2D eigenvalue weighted by atomic mass is 9.57. The van der Waals surface area contributed by atoms with Gasteiger partial charge in [0.2, 0.25) is 10.0 Å². The maximum Gasteiger partial charge on any atom is 0.394 e. The van der Waals surface area contributed by atoms with E-state index in [4.69, 9.17) is 0 Å². The number of rotatable bonds is 5. The van der Waals surface area contributed by atoms with E-state index in [0.717, 1.165) is 18.2 Å². The number of hydrogen-bond donors (Lipinski definition) is 2. The van der Waals surface area contributed by atoms with Gasteiger partial charge >= 0.3 is 6.18 Å². The molecular formula is C21H26F4N2O5S2. The van der Waals surface area contributed by atoms with Crippen molar-refractivity contribution in [1.29, 1.82) is 0 Å². The Morgan fingerprint density at radius 2 is 1.56 bits per heavy atom. The summed E-state index contributed by atoms with van der Waals surface area (Å²) in [5.74, 6) is -2.05. The highest BCUT2D eigenvalue weighted by atomic mass is 32.2. The summed E-state index contributed by atoms with van der Waals surface area (Å²) in [5.41, 5.74) is -2.99. The van der Waals surface area contributed by atoms with Crippen LogP contribution in [0.15, 0.2) is 18.2 Å². The number of carbonyl (C=O) groups excluding carboxylic acids is 1. The van der Waals surface area contributed by atoms with Gasteiger partial charge in [0.05, 0.1) is 33.4 Å². The first kappa shape index (κ1) is 25.2. The van der Waals surface area contributed by atoms with Crippen LogP contribution < -0.4 is 10.0 Å². The van der Waals surface area contributed by atoms with Crippen LogP contribution in [0.3, 0.4) is 0 Å². The number of amides is 1. The smallest absolute Gasteiger partial charge is 0.347 e. The summed E-state index contributed by atoms with van der Waals surface area (Å²) in [7, 11) is -7.42. The van der Waals surface area contributed by atoms with Crippen molar-refractivity contribution < 1.29 is 39.2 Å². The molecule has 2 N–H and O–H groups in total. The van der Waals surface area contributed by atoms with Gasteiger partial charge in [-0.15, -0.1) is 0 Å². The molecule has 4 fully saturated rings. The molecule has 4 aliphatic rings. The van der Waals surface area contributed by atoms with Gasteiger partial charge in [-0.2, -0.15) is 13.2 Å². The Balaban J connectivity index is 1.51. The molecule has 0 aromatic heterocycles. The third-order valence-corrected chi connectivity index (χ3v) is 11.2. The fourth-order valence-electron chi connectivity index (χ4n) is 5.32. The van der Waals surface area contributed by atoms with Crippen LogP contribution >= 0.6 is 0 Å². The number of nitrogens with one attached hydrogen (secondary N) is 2. The molecule has 1 amide bonds. The Bertz CT molecular complexity index is 1160. The van der Waals surface area contributed by atoms with Crippen LogP contribution in [-0.4, -0.2) is 51.2 Å². The minimum absolute atomic E-state index is 0.0930. The van der Waals surface area contributed by atoms with Crippen molar-refractivity contribution in [3.63, 3.8) is 0 Å². The van der Waals surface area contributed by atoms with Gasteiger partial charge < -0.3 is 5.32 Å². The van der Waals surface area contributed by atoms with Gasteiger partial charge in [0.25, 0.3) is 5.91 Å².